The molecule has 0 aliphatic carbocycles. The van der Waals surface area contributed by atoms with Crippen molar-refractivity contribution in [3.63, 3.8) is 0 Å². The van der Waals surface area contributed by atoms with Crippen molar-refractivity contribution in [1.29, 1.82) is 0 Å². The summed E-state index contributed by atoms with van der Waals surface area (Å²) in [7, 11) is 0. The molecule has 0 radical (unpaired) electrons. The maximum Gasteiger partial charge on any atom is 0.323 e. The molecule has 1 fully saturated rings. The summed E-state index contributed by atoms with van der Waals surface area (Å²) in [5.41, 5.74) is 8.16. The first-order valence-corrected chi connectivity index (χ1v) is 8.11. The van der Waals surface area contributed by atoms with Crippen molar-refractivity contribution < 1.29 is 9.21 Å². The Balaban J connectivity index is 1.71. The Morgan fingerprint density at radius 2 is 2.00 bits per heavy atom. The standard InChI is InChI=1S/C16H18N6O3/c17-7-14-18-12(8-25-14)15(23)19-11-5-9-10(21-16(24)20-9)6-13(11)22-3-1-2-4-22/h5-6,8H,1-4,7,17H2,(H,19,23)(H2,20,21,24). The lowest BCUT2D eigenvalue weighted by atomic mass is 10.2. The molecule has 0 bridgehead atoms. The fourth-order valence-electron chi connectivity index (χ4n) is 3.09. The van der Waals surface area contributed by atoms with Crippen LogP contribution in [0.1, 0.15) is 29.2 Å². The Bertz CT molecular complexity index is 979. The van der Waals surface area contributed by atoms with E-state index in [9.17, 15) is 9.59 Å². The van der Waals surface area contributed by atoms with E-state index in [0.29, 0.717) is 22.6 Å². The largest absolute Gasteiger partial charge is 0.447 e. The van der Waals surface area contributed by atoms with Gasteiger partial charge in [0.2, 0.25) is 5.89 Å². The summed E-state index contributed by atoms with van der Waals surface area (Å²) in [4.78, 5) is 35.7. The number of fused-ring (bicyclic) bond motifs is 1. The zero-order valence-electron chi connectivity index (χ0n) is 13.5. The van der Waals surface area contributed by atoms with Gasteiger partial charge < -0.3 is 30.3 Å². The molecule has 25 heavy (non-hydrogen) atoms. The number of aromatic amines is 2. The van der Waals surface area contributed by atoms with Gasteiger partial charge in [-0.3, -0.25) is 4.79 Å². The van der Waals surface area contributed by atoms with E-state index in [1.54, 1.807) is 6.07 Å². The highest BCUT2D eigenvalue weighted by Gasteiger charge is 2.20. The van der Waals surface area contributed by atoms with Gasteiger partial charge in [-0.1, -0.05) is 0 Å². The van der Waals surface area contributed by atoms with Crippen molar-refractivity contribution in [3.8, 4) is 0 Å². The van der Waals surface area contributed by atoms with Crippen molar-refractivity contribution in [3.05, 3.63) is 40.5 Å². The van der Waals surface area contributed by atoms with Crippen LogP contribution in [0.5, 0.6) is 0 Å². The first kappa shape index (κ1) is 15.5. The molecule has 1 amide bonds. The van der Waals surface area contributed by atoms with Gasteiger partial charge >= 0.3 is 5.69 Å². The number of nitrogens with zero attached hydrogens (tertiary/aromatic N) is 2. The number of amides is 1. The minimum Gasteiger partial charge on any atom is -0.447 e. The summed E-state index contributed by atoms with van der Waals surface area (Å²) < 4.78 is 5.12. The van der Waals surface area contributed by atoms with E-state index < -0.39 is 0 Å². The number of oxazole rings is 1. The highest BCUT2D eigenvalue weighted by Crippen LogP contribution is 2.32. The molecule has 1 aliphatic rings. The molecule has 0 spiro atoms. The summed E-state index contributed by atoms with van der Waals surface area (Å²) in [6, 6.07) is 3.63. The fraction of sp³-hybridized carbons (Fsp3) is 0.312. The summed E-state index contributed by atoms with van der Waals surface area (Å²) >= 11 is 0. The molecule has 1 aliphatic heterocycles. The highest BCUT2D eigenvalue weighted by atomic mass is 16.3. The number of carbonyl (C=O) groups is 1. The van der Waals surface area contributed by atoms with Crippen LogP contribution in [0.25, 0.3) is 11.0 Å². The third kappa shape index (κ3) is 2.89. The number of aromatic nitrogens is 3. The van der Waals surface area contributed by atoms with E-state index in [2.05, 4.69) is 25.2 Å². The Hall–Kier alpha value is -3.07. The van der Waals surface area contributed by atoms with Gasteiger partial charge in [-0.2, -0.15) is 0 Å². The SMILES string of the molecule is NCc1nc(C(=O)Nc2cc3[nH]c(=O)[nH]c3cc2N2CCCC2)co1. The van der Waals surface area contributed by atoms with E-state index in [1.165, 1.54) is 6.26 Å². The smallest absolute Gasteiger partial charge is 0.323 e. The monoisotopic (exact) mass is 342 g/mol. The molecule has 0 saturated carbocycles. The van der Waals surface area contributed by atoms with Crippen molar-refractivity contribution in [2.24, 2.45) is 5.73 Å². The molecule has 3 aromatic rings. The number of nitrogens with two attached hydrogens (primary N) is 1. The maximum absolute atomic E-state index is 12.5. The molecule has 0 atom stereocenters. The van der Waals surface area contributed by atoms with Crippen LogP contribution in [0, 0.1) is 0 Å². The number of imidazole rings is 1. The average Bonchev–Trinajstić information content (AvgIpc) is 3.33. The number of benzene rings is 1. The summed E-state index contributed by atoms with van der Waals surface area (Å²) in [5.74, 6) is -0.0866. The van der Waals surface area contributed by atoms with Gasteiger partial charge in [-0.25, -0.2) is 9.78 Å². The first-order valence-electron chi connectivity index (χ1n) is 8.11. The quantitative estimate of drug-likeness (QED) is 0.562. The van der Waals surface area contributed by atoms with E-state index >= 15 is 0 Å². The highest BCUT2D eigenvalue weighted by molar-refractivity contribution is 6.06. The lowest BCUT2D eigenvalue weighted by Crippen LogP contribution is -2.21. The zero-order valence-corrected chi connectivity index (χ0v) is 13.5. The molecular weight excluding hydrogens is 324 g/mol. The van der Waals surface area contributed by atoms with E-state index in [0.717, 1.165) is 31.6 Å². The third-order valence-corrected chi connectivity index (χ3v) is 4.29. The molecule has 2 aromatic heterocycles. The van der Waals surface area contributed by atoms with Gasteiger partial charge in [0.25, 0.3) is 5.91 Å². The molecular formula is C16H18N6O3. The van der Waals surface area contributed by atoms with Crippen LogP contribution in [0.2, 0.25) is 0 Å². The third-order valence-electron chi connectivity index (χ3n) is 4.29. The maximum atomic E-state index is 12.5. The van der Waals surface area contributed by atoms with Crippen molar-refractivity contribution in [1.82, 2.24) is 15.0 Å². The summed E-state index contributed by atoms with van der Waals surface area (Å²) in [6.07, 6.45) is 3.47. The predicted molar refractivity (Wildman–Crippen MR) is 92.7 cm³/mol. The molecule has 9 nitrogen and oxygen atoms in total. The van der Waals surface area contributed by atoms with E-state index in [4.69, 9.17) is 10.2 Å². The molecule has 1 aromatic carbocycles. The summed E-state index contributed by atoms with van der Waals surface area (Å²) in [6.45, 7) is 1.94. The molecule has 130 valence electrons. The van der Waals surface area contributed by atoms with Crippen LogP contribution < -0.4 is 21.6 Å². The first-order chi connectivity index (χ1) is 12.1. The number of anilines is 2. The second-order valence-corrected chi connectivity index (χ2v) is 5.97. The second kappa shape index (κ2) is 6.10. The van der Waals surface area contributed by atoms with Crippen LogP contribution in [0.4, 0.5) is 11.4 Å². The lowest BCUT2D eigenvalue weighted by molar-refractivity contribution is 0.102. The zero-order chi connectivity index (χ0) is 17.4. The number of rotatable bonds is 4. The Morgan fingerprint density at radius 3 is 2.68 bits per heavy atom. The average molecular weight is 342 g/mol. The minimum atomic E-state index is -0.388. The Morgan fingerprint density at radius 1 is 1.28 bits per heavy atom. The van der Waals surface area contributed by atoms with Crippen molar-refractivity contribution in [2.45, 2.75) is 19.4 Å². The van der Waals surface area contributed by atoms with Crippen LogP contribution >= 0.6 is 0 Å². The van der Waals surface area contributed by atoms with Crippen LogP contribution in [-0.2, 0) is 6.54 Å². The number of nitrogens with one attached hydrogen (secondary N) is 3. The number of hydrogen-bond acceptors (Lipinski definition) is 6. The molecule has 4 rings (SSSR count). The van der Waals surface area contributed by atoms with Crippen LogP contribution in [0.3, 0.4) is 0 Å². The van der Waals surface area contributed by atoms with E-state index in [1.807, 2.05) is 6.07 Å². The fourth-order valence-corrected chi connectivity index (χ4v) is 3.09. The number of carbonyl (C=O) groups excluding carboxylic acids is 1. The second-order valence-electron chi connectivity index (χ2n) is 5.97. The van der Waals surface area contributed by atoms with Crippen molar-refractivity contribution in [2.75, 3.05) is 23.3 Å². The summed E-state index contributed by atoms with van der Waals surface area (Å²) in [5, 5.41) is 2.86. The predicted octanol–water partition coefficient (Wildman–Crippen LogP) is 1.16. The van der Waals surface area contributed by atoms with Crippen molar-refractivity contribution >= 4 is 28.3 Å². The molecule has 3 heterocycles. The van der Waals surface area contributed by atoms with Crippen LogP contribution in [-0.4, -0.2) is 33.9 Å². The van der Waals surface area contributed by atoms with Gasteiger partial charge in [0.1, 0.15) is 6.26 Å². The molecule has 5 N–H and O–H groups in total. The Kier molecular flexibility index (Phi) is 3.77. The van der Waals surface area contributed by atoms with Gasteiger partial charge in [-0.15, -0.1) is 0 Å². The Labute approximate surface area is 142 Å². The molecule has 9 heteroatoms. The van der Waals surface area contributed by atoms with Crippen LogP contribution in [0.15, 0.2) is 27.6 Å². The molecule has 1 saturated heterocycles. The van der Waals surface area contributed by atoms with Gasteiger partial charge in [0.05, 0.1) is 29.0 Å². The van der Waals surface area contributed by atoms with Gasteiger partial charge in [-0.05, 0) is 25.0 Å². The minimum absolute atomic E-state index is 0.128. The van der Waals surface area contributed by atoms with Gasteiger partial charge in [0.15, 0.2) is 5.69 Å². The lowest BCUT2D eigenvalue weighted by Gasteiger charge is -2.21. The van der Waals surface area contributed by atoms with Gasteiger partial charge in [0, 0.05) is 13.1 Å². The molecule has 0 unspecified atom stereocenters. The van der Waals surface area contributed by atoms with E-state index in [-0.39, 0.29) is 23.8 Å². The number of H-pyrrole nitrogens is 2. The number of hydrogen-bond donors (Lipinski definition) is 4. The normalized spacial score (nSPS) is 14.4. The topological polar surface area (TPSA) is 133 Å².